The topological polar surface area (TPSA) is 67.2 Å². The summed E-state index contributed by atoms with van der Waals surface area (Å²) >= 11 is 3.44. The highest BCUT2D eigenvalue weighted by atomic mass is 79.9. The van der Waals surface area contributed by atoms with E-state index in [1.807, 2.05) is 25.1 Å². The standard InChI is InChI=1S/C15H20BrN3O2/c1-3-5-13(20)17-8-10(2)9-18-15-19-12-7-4-6-11(16)14(12)21-15/h4,6-7,10H,3,5,8-9H2,1-2H3,(H,17,20)(H,18,19). The molecule has 1 heterocycles. The number of para-hydroxylation sites is 1. The van der Waals surface area contributed by atoms with Crippen LogP contribution in [0.25, 0.3) is 11.1 Å². The average Bonchev–Trinajstić information content (AvgIpc) is 2.88. The number of carbonyl (C=O) groups excluding carboxylic acids is 1. The van der Waals surface area contributed by atoms with Gasteiger partial charge in [-0.25, -0.2) is 0 Å². The zero-order valence-electron chi connectivity index (χ0n) is 12.3. The Morgan fingerprint density at radius 1 is 1.43 bits per heavy atom. The molecule has 1 amide bonds. The van der Waals surface area contributed by atoms with Crippen LogP contribution in [0.5, 0.6) is 0 Å². The van der Waals surface area contributed by atoms with Crippen LogP contribution in [0.4, 0.5) is 6.01 Å². The van der Waals surface area contributed by atoms with Crippen molar-refractivity contribution in [2.24, 2.45) is 5.92 Å². The van der Waals surface area contributed by atoms with Gasteiger partial charge in [0, 0.05) is 19.5 Å². The number of carbonyl (C=O) groups is 1. The predicted molar refractivity (Wildman–Crippen MR) is 87.3 cm³/mol. The number of hydrogen-bond acceptors (Lipinski definition) is 4. The fourth-order valence-electron chi connectivity index (χ4n) is 1.93. The van der Waals surface area contributed by atoms with Gasteiger partial charge in [-0.05, 0) is 40.4 Å². The van der Waals surface area contributed by atoms with Crippen LogP contribution in [0, 0.1) is 5.92 Å². The molecule has 0 saturated carbocycles. The second-order valence-electron chi connectivity index (χ2n) is 5.15. The van der Waals surface area contributed by atoms with Crippen LogP contribution < -0.4 is 10.6 Å². The fourth-order valence-corrected chi connectivity index (χ4v) is 2.36. The molecule has 5 nitrogen and oxygen atoms in total. The van der Waals surface area contributed by atoms with Crippen molar-refractivity contribution in [3.05, 3.63) is 22.7 Å². The number of halogens is 1. The summed E-state index contributed by atoms with van der Waals surface area (Å²) in [5.41, 5.74) is 1.56. The number of anilines is 1. The van der Waals surface area contributed by atoms with E-state index in [0.29, 0.717) is 31.4 Å². The molecule has 0 saturated heterocycles. The molecule has 0 bridgehead atoms. The van der Waals surface area contributed by atoms with Gasteiger partial charge in [0.1, 0.15) is 5.52 Å². The molecule has 0 aliphatic carbocycles. The lowest BCUT2D eigenvalue weighted by atomic mass is 10.2. The highest BCUT2D eigenvalue weighted by Gasteiger charge is 2.10. The third kappa shape index (κ3) is 4.46. The van der Waals surface area contributed by atoms with Crippen LogP contribution in [-0.4, -0.2) is 24.0 Å². The van der Waals surface area contributed by atoms with Gasteiger partial charge in [-0.1, -0.05) is 19.9 Å². The van der Waals surface area contributed by atoms with Gasteiger partial charge in [-0.3, -0.25) is 4.79 Å². The number of hydrogen-bond donors (Lipinski definition) is 2. The number of rotatable bonds is 7. The first-order valence-corrected chi connectivity index (χ1v) is 7.95. The average molecular weight is 354 g/mol. The van der Waals surface area contributed by atoms with Gasteiger partial charge >= 0.3 is 0 Å². The van der Waals surface area contributed by atoms with Gasteiger partial charge in [0.05, 0.1) is 4.47 Å². The first-order valence-electron chi connectivity index (χ1n) is 7.15. The predicted octanol–water partition coefficient (Wildman–Crippen LogP) is 3.55. The lowest BCUT2D eigenvalue weighted by Crippen LogP contribution is -2.30. The minimum atomic E-state index is 0.107. The molecule has 1 aromatic heterocycles. The Morgan fingerprint density at radius 2 is 2.24 bits per heavy atom. The van der Waals surface area contributed by atoms with E-state index in [9.17, 15) is 4.79 Å². The Bertz CT molecular complexity index is 612. The van der Waals surface area contributed by atoms with Crippen LogP contribution in [-0.2, 0) is 4.79 Å². The number of aromatic nitrogens is 1. The van der Waals surface area contributed by atoms with Crippen LogP contribution in [0.2, 0.25) is 0 Å². The number of oxazole rings is 1. The Labute approximate surface area is 132 Å². The molecule has 0 radical (unpaired) electrons. The summed E-state index contributed by atoms with van der Waals surface area (Å²) < 4.78 is 6.55. The van der Waals surface area contributed by atoms with E-state index in [2.05, 4.69) is 38.5 Å². The van der Waals surface area contributed by atoms with E-state index in [1.54, 1.807) is 0 Å². The van der Waals surface area contributed by atoms with Crippen LogP contribution >= 0.6 is 15.9 Å². The molecular formula is C15H20BrN3O2. The second-order valence-corrected chi connectivity index (χ2v) is 6.00. The molecule has 1 atom stereocenters. The zero-order valence-corrected chi connectivity index (χ0v) is 13.9. The van der Waals surface area contributed by atoms with Gasteiger partial charge in [-0.15, -0.1) is 0 Å². The Balaban J connectivity index is 1.84. The monoisotopic (exact) mass is 353 g/mol. The minimum Gasteiger partial charge on any atom is -0.422 e. The van der Waals surface area contributed by atoms with Gasteiger partial charge in [0.25, 0.3) is 6.01 Å². The van der Waals surface area contributed by atoms with E-state index in [0.717, 1.165) is 22.0 Å². The molecule has 0 fully saturated rings. The van der Waals surface area contributed by atoms with Gasteiger partial charge < -0.3 is 15.1 Å². The molecule has 1 unspecified atom stereocenters. The maximum Gasteiger partial charge on any atom is 0.295 e. The number of benzene rings is 1. The lowest BCUT2D eigenvalue weighted by molar-refractivity contribution is -0.121. The maximum absolute atomic E-state index is 11.4. The molecule has 2 N–H and O–H groups in total. The summed E-state index contributed by atoms with van der Waals surface area (Å²) in [5, 5.41) is 6.08. The van der Waals surface area contributed by atoms with Crippen molar-refractivity contribution in [3.8, 4) is 0 Å². The van der Waals surface area contributed by atoms with Crippen LogP contribution in [0.3, 0.4) is 0 Å². The molecule has 1 aromatic carbocycles. The number of fused-ring (bicyclic) bond motifs is 1. The van der Waals surface area contributed by atoms with E-state index >= 15 is 0 Å². The van der Waals surface area contributed by atoms with Crippen LogP contribution in [0.1, 0.15) is 26.7 Å². The van der Waals surface area contributed by atoms with Crippen molar-refractivity contribution >= 4 is 39.0 Å². The molecule has 2 aromatic rings. The van der Waals surface area contributed by atoms with Crippen molar-refractivity contribution < 1.29 is 9.21 Å². The van der Waals surface area contributed by atoms with Crippen molar-refractivity contribution in [3.63, 3.8) is 0 Å². The Hall–Kier alpha value is -1.56. The zero-order chi connectivity index (χ0) is 15.2. The Kier molecular flexibility index (Phi) is 5.61. The van der Waals surface area contributed by atoms with Gasteiger partial charge in [-0.2, -0.15) is 4.98 Å². The molecule has 0 aliphatic rings. The largest absolute Gasteiger partial charge is 0.422 e. The molecule has 6 heteroatoms. The first-order chi connectivity index (χ1) is 10.1. The van der Waals surface area contributed by atoms with Crippen molar-refractivity contribution in [1.29, 1.82) is 0 Å². The van der Waals surface area contributed by atoms with E-state index in [1.165, 1.54) is 0 Å². The third-order valence-electron chi connectivity index (χ3n) is 3.09. The van der Waals surface area contributed by atoms with Crippen LogP contribution in [0.15, 0.2) is 27.1 Å². The number of amides is 1. The minimum absolute atomic E-state index is 0.107. The third-order valence-corrected chi connectivity index (χ3v) is 3.72. The molecular weight excluding hydrogens is 334 g/mol. The quantitative estimate of drug-likeness (QED) is 0.798. The fraction of sp³-hybridized carbons (Fsp3) is 0.467. The van der Waals surface area contributed by atoms with Crippen molar-refractivity contribution in [2.75, 3.05) is 18.4 Å². The molecule has 0 spiro atoms. The highest BCUT2D eigenvalue weighted by Crippen LogP contribution is 2.26. The van der Waals surface area contributed by atoms with E-state index < -0.39 is 0 Å². The number of nitrogens with zero attached hydrogens (tertiary/aromatic N) is 1. The van der Waals surface area contributed by atoms with E-state index in [4.69, 9.17) is 4.42 Å². The summed E-state index contributed by atoms with van der Waals surface area (Å²) in [6.45, 7) is 5.40. The Morgan fingerprint density at radius 3 is 2.95 bits per heavy atom. The van der Waals surface area contributed by atoms with Crippen molar-refractivity contribution in [1.82, 2.24) is 10.3 Å². The first kappa shape index (κ1) is 15.8. The number of nitrogens with one attached hydrogen (secondary N) is 2. The summed E-state index contributed by atoms with van der Waals surface area (Å²) in [4.78, 5) is 15.8. The summed E-state index contributed by atoms with van der Waals surface area (Å²) in [6, 6.07) is 6.25. The maximum atomic E-state index is 11.4. The van der Waals surface area contributed by atoms with E-state index in [-0.39, 0.29) is 5.91 Å². The molecule has 114 valence electrons. The highest BCUT2D eigenvalue weighted by molar-refractivity contribution is 9.10. The molecule has 2 rings (SSSR count). The van der Waals surface area contributed by atoms with Gasteiger partial charge in [0.15, 0.2) is 5.58 Å². The lowest BCUT2D eigenvalue weighted by Gasteiger charge is -2.12. The summed E-state index contributed by atoms with van der Waals surface area (Å²) in [7, 11) is 0. The van der Waals surface area contributed by atoms with Crippen molar-refractivity contribution in [2.45, 2.75) is 26.7 Å². The van der Waals surface area contributed by atoms with Gasteiger partial charge in [0.2, 0.25) is 5.91 Å². The second kappa shape index (κ2) is 7.45. The molecule has 21 heavy (non-hydrogen) atoms. The summed E-state index contributed by atoms with van der Waals surface area (Å²) in [6.07, 6.45) is 1.45. The summed E-state index contributed by atoms with van der Waals surface area (Å²) in [5.74, 6) is 0.402. The smallest absolute Gasteiger partial charge is 0.295 e. The SMILES string of the molecule is CCCC(=O)NCC(C)CNc1nc2cccc(Br)c2o1. The normalized spacial score (nSPS) is 12.3. The molecule has 0 aliphatic heterocycles.